The summed E-state index contributed by atoms with van der Waals surface area (Å²) < 4.78 is 16.9. The molecule has 0 aliphatic rings. The molecule has 6 nitrogen and oxygen atoms in total. The van der Waals surface area contributed by atoms with Crippen LogP contribution in [0.1, 0.15) is 367 Å². The third-order valence-corrected chi connectivity index (χ3v) is 15.9. The van der Waals surface area contributed by atoms with Crippen LogP contribution in [0.2, 0.25) is 0 Å². The zero-order valence-electron chi connectivity index (χ0n) is 55.2. The molecule has 0 aliphatic heterocycles. The molecule has 0 N–H and O–H groups in total. The summed E-state index contributed by atoms with van der Waals surface area (Å²) in [7, 11) is 0. The summed E-state index contributed by atoms with van der Waals surface area (Å²) in [5.74, 6) is -0.963. The predicted octanol–water partition coefficient (Wildman–Crippen LogP) is 25.0. The number of carbonyl (C=O) groups excluding carboxylic acids is 3. The lowest BCUT2D eigenvalue weighted by Crippen LogP contribution is -2.30. The molecule has 1 atom stereocenters. The van der Waals surface area contributed by atoms with Gasteiger partial charge in [0.1, 0.15) is 13.2 Å². The highest BCUT2D eigenvalue weighted by Crippen LogP contribution is 2.18. The van der Waals surface area contributed by atoms with Crippen molar-refractivity contribution in [3.63, 3.8) is 0 Å². The molecule has 480 valence electrons. The Bertz CT molecular complexity index is 1570. The highest BCUT2D eigenvalue weighted by atomic mass is 16.6. The minimum absolute atomic E-state index is 0.0958. The third kappa shape index (κ3) is 69.3. The maximum Gasteiger partial charge on any atom is 0.306 e. The van der Waals surface area contributed by atoms with Crippen molar-refractivity contribution >= 4 is 17.9 Å². The van der Waals surface area contributed by atoms with E-state index in [1.165, 1.54) is 250 Å². The van der Waals surface area contributed by atoms with E-state index in [0.29, 0.717) is 19.3 Å². The molecule has 0 rings (SSSR count). The molecule has 1 unspecified atom stereocenters. The smallest absolute Gasteiger partial charge is 0.306 e. The first kappa shape index (κ1) is 79.6. The van der Waals surface area contributed by atoms with Gasteiger partial charge < -0.3 is 14.2 Å². The first-order chi connectivity index (χ1) is 41.0. The fraction of sp³-hybridized carbons (Fsp3) is 0.779. The highest BCUT2D eigenvalue weighted by molar-refractivity contribution is 5.71. The van der Waals surface area contributed by atoms with Crippen molar-refractivity contribution in [3.05, 3.63) is 85.1 Å². The summed E-state index contributed by atoms with van der Waals surface area (Å²) in [6.07, 6.45) is 95.0. The van der Waals surface area contributed by atoms with Gasteiger partial charge >= 0.3 is 17.9 Å². The van der Waals surface area contributed by atoms with Crippen LogP contribution in [0.15, 0.2) is 85.1 Å². The van der Waals surface area contributed by atoms with E-state index in [9.17, 15) is 14.4 Å². The van der Waals surface area contributed by atoms with Gasteiger partial charge in [0, 0.05) is 19.3 Å². The van der Waals surface area contributed by atoms with E-state index in [4.69, 9.17) is 14.2 Å². The van der Waals surface area contributed by atoms with Crippen molar-refractivity contribution in [1.29, 1.82) is 0 Å². The summed E-state index contributed by atoms with van der Waals surface area (Å²) >= 11 is 0. The molecule has 0 saturated carbocycles. The normalized spacial score (nSPS) is 12.6. The number of hydrogen-bond donors (Lipinski definition) is 0. The number of hydrogen-bond acceptors (Lipinski definition) is 6. The molecule has 0 aliphatic carbocycles. The van der Waals surface area contributed by atoms with Crippen molar-refractivity contribution in [3.8, 4) is 0 Å². The highest BCUT2D eigenvalue weighted by Gasteiger charge is 2.19. The van der Waals surface area contributed by atoms with Gasteiger partial charge in [-0.2, -0.15) is 0 Å². The second kappa shape index (κ2) is 71.1. The average molecular weight is 1160 g/mol. The van der Waals surface area contributed by atoms with E-state index in [1.807, 2.05) is 6.08 Å². The maximum atomic E-state index is 13.0. The molecule has 0 heterocycles. The van der Waals surface area contributed by atoms with Crippen molar-refractivity contribution in [2.75, 3.05) is 13.2 Å². The number of esters is 3. The Balaban J connectivity index is 4.26. The molecule has 0 amide bonds. The maximum absolute atomic E-state index is 13.0. The first-order valence-electron chi connectivity index (χ1n) is 36.1. The molecule has 83 heavy (non-hydrogen) atoms. The van der Waals surface area contributed by atoms with E-state index < -0.39 is 6.10 Å². The van der Waals surface area contributed by atoms with Crippen LogP contribution in [0, 0.1) is 0 Å². The van der Waals surface area contributed by atoms with Crippen LogP contribution < -0.4 is 0 Å². The minimum Gasteiger partial charge on any atom is -0.462 e. The van der Waals surface area contributed by atoms with Crippen molar-refractivity contribution in [2.24, 2.45) is 0 Å². The SMILES string of the molecule is CC/C=C\C/C=C\C/C=C\C/C=C\CCC(=O)OCC(COC(=O)CCCCCCCCCCCCCCCCC/C=C\C/C=C\CCCCCCC)OC(=O)CCCCCCCCCCCCCCC/C=C\CCCCCCCCCC. The molecule has 0 bridgehead atoms. The Morgan fingerprint density at radius 1 is 0.253 bits per heavy atom. The van der Waals surface area contributed by atoms with Crippen molar-refractivity contribution in [1.82, 2.24) is 0 Å². The molecule has 0 aromatic rings. The molecule has 0 fully saturated rings. The number of carbonyl (C=O) groups is 3. The zero-order valence-corrected chi connectivity index (χ0v) is 55.2. The van der Waals surface area contributed by atoms with Gasteiger partial charge in [-0.1, -0.05) is 331 Å². The lowest BCUT2D eigenvalue weighted by atomic mass is 10.0. The molecular formula is C77H136O6. The quantitative estimate of drug-likeness (QED) is 0.0261. The standard InChI is InChI=1S/C77H136O6/c1-4-7-10-13-16-19-22-25-27-29-31-33-35-37-38-40-41-43-45-47-49-52-55-58-61-64-67-70-76(79)82-73-74(72-81-75(78)69-66-63-60-57-54-51-24-21-18-15-12-9-6-3)83-77(80)71-68-65-62-59-56-53-50-48-46-44-42-39-36-34-32-30-28-26-23-20-17-14-11-8-5-2/h9,12,18,21-22,25,29-32,51,54,60,63,74H,4-8,10-11,13-17,19-20,23-24,26-28,33-50,52-53,55-59,61-62,64-73H2,1-3H3/b12-9-,21-18-,25-22-,31-29-,32-30-,54-51-,63-60-. The van der Waals surface area contributed by atoms with Gasteiger partial charge in [-0.15, -0.1) is 0 Å². The summed E-state index contributed by atoms with van der Waals surface area (Å²) in [5.41, 5.74) is 0. The minimum atomic E-state index is -0.806. The molecular weight excluding hydrogens is 1020 g/mol. The molecule has 0 radical (unpaired) electrons. The number of ether oxygens (including phenoxy) is 3. The fourth-order valence-corrected chi connectivity index (χ4v) is 10.5. The summed E-state index contributed by atoms with van der Waals surface area (Å²) in [6, 6.07) is 0. The summed E-state index contributed by atoms with van der Waals surface area (Å²) in [5, 5.41) is 0. The van der Waals surface area contributed by atoms with E-state index in [1.54, 1.807) is 0 Å². The van der Waals surface area contributed by atoms with Gasteiger partial charge in [0.2, 0.25) is 0 Å². The Morgan fingerprint density at radius 2 is 0.494 bits per heavy atom. The third-order valence-electron chi connectivity index (χ3n) is 15.9. The fourth-order valence-electron chi connectivity index (χ4n) is 10.5. The van der Waals surface area contributed by atoms with Crippen LogP contribution in [-0.2, 0) is 28.6 Å². The van der Waals surface area contributed by atoms with Crippen LogP contribution in [0.4, 0.5) is 0 Å². The van der Waals surface area contributed by atoms with E-state index in [0.717, 1.165) is 70.6 Å². The summed E-state index contributed by atoms with van der Waals surface area (Å²) in [4.78, 5) is 38.4. The van der Waals surface area contributed by atoms with Crippen LogP contribution >= 0.6 is 0 Å². The van der Waals surface area contributed by atoms with Crippen molar-refractivity contribution in [2.45, 2.75) is 374 Å². The lowest BCUT2D eigenvalue weighted by Gasteiger charge is -2.18. The van der Waals surface area contributed by atoms with Gasteiger partial charge in [-0.05, 0) is 103 Å². The molecule has 0 aromatic carbocycles. The Kier molecular flexibility index (Phi) is 68.2. The Labute approximate surface area is 515 Å². The predicted molar refractivity (Wildman–Crippen MR) is 362 cm³/mol. The average Bonchev–Trinajstić information content (AvgIpc) is 3.49. The van der Waals surface area contributed by atoms with Gasteiger partial charge in [-0.3, -0.25) is 14.4 Å². The molecule has 6 heteroatoms. The topological polar surface area (TPSA) is 78.9 Å². The van der Waals surface area contributed by atoms with Gasteiger partial charge in [0.05, 0.1) is 0 Å². The van der Waals surface area contributed by atoms with Gasteiger partial charge in [-0.25, -0.2) is 0 Å². The number of allylic oxidation sites excluding steroid dienone is 14. The van der Waals surface area contributed by atoms with Crippen LogP contribution in [0.3, 0.4) is 0 Å². The van der Waals surface area contributed by atoms with Gasteiger partial charge in [0.25, 0.3) is 0 Å². The van der Waals surface area contributed by atoms with Crippen LogP contribution in [0.25, 0.3) is 0 Å². The van der Waals surface area contributed by atoms with Gasteiger partial charge in [0.15, 0.2) is 6.10 Å². The number of rotatable bonds is 66. The Hall–Kier alpha value is -3.41. The molecule has 0 spiro atoms. The van der Waals surface area contributed by atoms with Crippen molar-refractivity contribution < 1.29 is 28.6 Å². The number of unbranched alkanes of at least 4 members (excludes halogenated alkanes) is 41. The van der Waals surface area contributed by atoms with Crippen LogP contribution in [-0.4, -0.2) is 37.2 Å². The molecule has 0 aromatic heterocycles. The van der Waals surface area contributed by atoms with E-state index >= 15 is 0 Å². The van der Waals surface area contributed by atoms with Crippen LogP contribution in [0.5, 0.6) is 0 Å². The Morgan fingerprint density at radius 3 is 0.819 bits per heavy atom. The second-order valence-electron chi connectivity index (χ2n) is 24.1. The monoisotopic (exact) mass is 1160 g/mol. The lowest BCUT2D eigenvalue weighted by molar-refractivity contribution is -0.166. The molecule has 0 saturated heterocycles. The zero-order chi connectivity index (χ0) is 59.9. The van der Waals surface area contributed by atoms with E-state index in [2.05, 4.69) is 99.8 Å². The summed E-state index contributed by atoms with van der Waals surface area (Å²) in [6.45, 7) is 6.50. The first-order valence-corrected chi connectivity index (χ1v) is 36.1. The van der Waals surface area contributed by atoms with E-state index in [-0.39, 0.29) is 37.5 Å². The largest absolute Gasteiger partial charge is 0.462 e. The second-order valence-corrected chi connectivity index (χ2v) is 24.1.